The second-order valence-electron chi connectivity index (χ2n) is 15.6. The van der Waals surface area contributed by atoms with Crippen LogP contribution < -0.4 is 24.0 Å². The molecule has 0 saturated carbocycles. The number of rotatable bonds is 14. The van der Waals surface area contributed by atoms with E-state index < -0.39 is 41.1 Å². The van der Waals surface area contributed by atoms with E-state index in [4.69, 9.17) is 33.2 Å². The first kappa shape index (κ1) is 47.6. The molecule has 0 fully saturated rings. The Morgan fingerprint density at radius 2 is 1.34 bits per heavy atom. The quantitative estimate of drug-likeness (QED) is 0.0150. The van der Waals surface area contributed by atoms with Gasteiger partial charge in [-0.1, -0.05) is 30.0 Å². The van der Waals surface area contributed by atoms with Crippen molar-refractivity contribution in [2.75, 3.05) is 19.2 Å². The minimum atomic E-state index is -0.926. The van der Waals surface area contributed by atoms with Gasteiger partial charge in [-0.05, 0) is 127 Å². The Balaban J connectivity index is 0.000000304. The summed E-state index contributed by atoms with van der Waals surface area (Å²) in [4.78, 5) is 63.1. The van der Waals surface area contributed by atoms with E-state index in [1.807, 2.05) is 24.3 Å². The number of ether oxygens (including phenoxy) is 7. The molecule has 0 amide bonds. The van der Waals surface area contributed by atoms with Gasteiger partial charge in [-0.3, -0.25) is 4.79 Å². The number of nitrogens with zero attached hydrogens (tertiary/aromatic N) is 3. The predicted octanol–water partition coefficient (Wildman–Crippen LogP) is 10.00. The Morgan fingerprint density at radius 1 is 0.758 bits per heavy atom. The molecule has 5 rings (SSSR count). The summed E-state index contributed by atoms with van der Waals surface area (Å²) in [6.07, 6.45) is 1.90. The highest BCUT2D eigenvalue weighted by atomic mass is 32.1. The third-order valence-corrected chi connectivity index (χ3v) is 9.10. The van der Waals surface area contributed by atoms with E-state index in [9.17, 15) is 24.0 Å². The van der Waals surface area contributed by atoms with Crippen molar-refractivity contribution < 1.29 is 57.1 Å². The molecule has 0 N–H and O–H groups in total. The van der Waals surface area contributed by atoms with E-state index in [1.54, 1.807) is 92.0 Å². The highest BCUT2D eigenvalue weighted by Crippen LogP contribution is 2.30. The van der Waals surface area contributed by atoms with Gasteiger partial charge in [-0.25, -0.2) is 29.2 Å². The van der Waals surface area contributed by atoms with Crippen LogP contribution in [0.2, 0.25) is 0 Å². The number of aldehydes is 1. The van der Waals surface area contributed by atoms with E-state index in [0.717, 1.165) is 21.4 Å². The molecule has 0 aliphatic heterocycles. The molecular weight excluding hydrogens is 819 g/mol. The summed E-state index contributed by atoms with van der Waals surface area (Å²) in [7, 11) is 3.34. The number of hydrazone groups is 1. The molecule has 0 unspecified atom stereocenters. The predicted molar refractivity (Wildman–Crippen MR) is 235 cm³/mol. The lowest BCUT2D eigenvalue weighted by Gasteiger charge is -2.33. The molecule has 0 radical (unpaired) electrons. The van der Waals surface area contributed by atoms with Gasteiger partial charge in [0.05, 0.1) is 29.1 Å². The number of hydrogen-bond donors (Lipinski definition) is 0. The normalized spacial score (nSPS) is 11.4. The second-order valence-corrected chi connectivity index (χ2v) is 16.6. The number of anilines is 1. The number of para-hydroxylation sites is 1. The van der Waals surface area contributed by atoms with Crippen LogP contribution in [0.4, 0.5) is 14.7 Å². The summed E-state index contributed by atoms with van der Waals surface area (Å²) in [6, 6.07) is 24.9. The van der Waals surface area contributed by atoms with Crippen LogP contribution in [-0.4, -0.2) is 72.7 Å². The van der Waals surface area contributed by atoms with E-state index in [1.165, 1.54) is 59.9 Å². The number of fused-ring (bicyclic) bond motifs is 1. The van der Waals surface area contributed by atoms with Crippen molar-refractivity contribution in [3.8, 4) is 23.0 Å². The maximum Gasteiger partial charge on any atom is 0.514 e. The van der Waals surface area contributed by atoms with Gasteiger partial charge in [0.2, 0.25) is 5.13 Å². The van der Waals surface area contributed by atoms with Gasteiger partial charge in [0.25, 0.3) is 0 Å². The topological polar surface area (TPSA) is 178 Å². The SMILES string of the molecule is C=CC(=O)OC(C)(C)CC(C)(C)OC(=O)Oc1ccc(C=O)cc1.COc1ccc(OC(=O)c2ccc(OC(=O)OC(C)(C)C)cc2)c(/C=N/N(C)c2nc3ccccc3s2)c1. The third kappa shape index (κ3) is 15.2. The molecule has 16 heteroatoms. The Kier molecular flexibility index (Phi) is 16.1. The lowest BCUT2D eigenvalue weighted by molar-refractivity contribution is -0.155. The van der Waals surface area contributed by atoms with Crippen molar-refractivity contribution in [1.82, 2.24) is 4.98 Å². The van der Waals surface area contributed by atoms with Crippen LogP contribution in [0.1, 0.15) is 81.2 Å². The molecule has 0 bridgehead atoms. The number of carbonyl (C=O) groups is 5. The first-order valence-electron chi connectivity index (χ1n) is 19.0. The number of carbonyl (C=O) groups excluding carboxylic acids is 5. The standard InChI is InChI=1S/C28H27N3O6S.C18H22O6/c1-28(2,3)37-27(33)35-20-12-10-18(11-13-20)25(32)36-23-15-14-21(34-5)16-19(23)17-29-31(4)26-30-22-8-6-7-9-24(22)38-26;1-6-15(20)23-17(2,3)12-18(4,5)24-16(21)22-14-9-7-13(11-19)8-10-14/h6-17H,1-5H3;6-11H,1,12H2,2-5H3/b29-17+;. The van der Waals surface area contributed by atoms with Crippen LogP contribution in [-0.2, 0) is 19.0 Å². The number of hydrogen-bond acceptors (Lipinski definition) is 16. The molecule has 0 aliphatic carbocycles. The van der Waals surface area contributed by atoms with Crippen molar-refractivity contribution in [1.29, 1.82) is 0 Å². The van der Waals surface area contributed by atoms with Gasteiger partial charge < -0.3 is 33.2 Å². The van der Waals surface area contributed by atoms with Crippen molar-refractivity contribution in [2.45, 2.75) is 71.7 Å². The number of aromatic nitrogens is 1. The molecule has 326 valence electrons. The Labute approximate surface area is 363 Å². The van der Waals surface area contributed by atoms with Crippen molar-refractivity contribution in [2.24, 2.45) is 5.10 Å². The molecule has 15 nitrogen and oxygen atoms in total. The average molecular weight is 868 g/mol. The molecule has 4 aromatic carbocycles. The zero-order valence-corrected chi connectivity index (χ0v) is 36.8. The van der Waals surface area contributed by atoms with Crippen LogP contribution >= 0.6 is 11.3 Å². The van der Waals surface area contributed by atoms with Crippen molar-refractivity contribution in [3.05, 3.63) is 120 Å². The summed E-state index contributed by atoms with van der Waals surface area (Å²) in [5.41, 5.74) is -0.272. The highest BCUT2D eigenvalue weighted by Gasteiger charge is 2.35. The summed E-state index contributed by atoms with van der Waals surface area (Å²) < 4.78 is 37.9. The largest absolute Gasteiger partial charge is 0.514 e. The third-order valence-electron chi connectivity index (χ3n) is 8.00. The van der Waals surface area contributed by atoms with Gasteiger partial charge >= 0.3 is 24.2 Å². The Morgan fingerprint density at radius 3 is 1.92 bits per heavy atom. The fraction of sp³-hybridized carbons (Fsp3) is 0.283. The van der Waals surface area contributed by atoms with Crippen molar-refractivity contribution >= 4 is 63.4 Å². The number of methoxy groups -OCH3 is 1. The van der Waals surface area contributed by atoms with E-state index >= 15 is 0 Å². The maximum absolute atomic E-state index is 12.9. The molecule has 62 heavy (non-hydrogen) atoms. The average Bonchev–Trinajstić information content (AvgIpc) is 3.64. The summed E-state index contributed by atoms with van der Waals surface area (Å²) in [5.74, 6) is 0.246. The van der Waals surface area contributed by atoms with Gasteiger partial charge in [-0.2, -0.15) is 5.10 Å². The lowest BCUT2D eigenvalue weighted by Crippen LogP contribution is -2.40. The summed E-state index contributed by atoms with van der Waals surface area (Å²) >= 11 is 1.52. The van der Waals surface area contributed by atoms with Crippen LogP contribution in [0.3, 0.4) is 0 Å². The van der Waals surface area contributed by atoms with Crippen LogP contribution in [0.25, 0.3) is 10.2 Å². The second kappa shape index (κ2) is 20.9. The van der Waals surface area contributed by atoms with Crippen molar-refractivity contribution in [3.63, 3.8) is 0 Å². The number of benzene rings is 4. The number of esters is 2. The molecule has 0 atom stereocenters. The summed E-state index contributed by atoms with van der Waals surface area (Å²) in [5, 5.41) is 6.86. The van der Waals surface area contributed by atoms with E-state index in [0.29, 0.717) is 28.9 Å². The van der Waals surface area contributed by atoms with Crippen LogP contribution in [0.5, 0.6) is 23.0 Å². The first-order chi connectivity index (χ1) is 29.2. The van der Waals surface area contributed by atoms with Gasteiger partial charge in [0.1, 0.15) is 46.1 Å². The van der Waals surface area contributed by atoms with Gasteiger partial charge in [0.15, 0.2) is 0 Å². The molecular formula is C46H49N3O12S. The van der Waals surface area contributed by atoms with Crippen LogP contribution in [0.15, 0.2) is 109 Å². The first-order valence-corrected chi connectivity index (χ1v) is 19.9. The molecule has 0 spiro atoms. The smallest absolute Gasteiger partial charge is 0.497 e. The summed E-state index contributed by atoms with van der Waals surface area (Å²) in [6.45, 7) is 15.4. The number of thiazole rings is 1. The Bertz CT molecular complexity index is 2370. The minimum absolute atomic E-state index is 0.242. The fourth-order valence-electron chi connectivity index (χ4n) is 5.60. The molecule has 0 aliphatic rings. The highest BCUT2D eigenvalue weighted by molar-refractivity contribution is 7.22. The molecule has 1 aromatic heterocycles. The maximum atomic E-state index is 12.9. The Hall–Kier alpha value is -7.07. The minimum Gasteiger partial charge on any atom is -0.497 e. The lowest BCUT2D eigenvalue weighted by atomic mass is 9.92. The fourth-order valence-corrected chi connectivity index (χ4v) is 6.48. The zero-order chi connectivity index (χ0) is 45.7. The van der Waals surface area contributed by atoms with Gasteiger partial charge in [-0.15, -0.1) is 0 Å². The van der Waals surface area contributed by atoms with E-state index in [2.05, 4.69) is 16.7 Å². The van der Waals surface area contributed by atoms with Gasteiger partial charge in [0, 0.05) is 30.7 Å². The zero-order valence-electron chi connectivity index (χ0n) is 36.0. The molecule has 0 saturated heterocycles. The van der Waals surface area contributed by atoms with Crippen LogP contribution in [0, 0.1) is 0 Å². The molecule has 5 aromatic rings. The monoisotopic (exact) mass is 867 g/mol. The van der Waals surface area contributed by atoms with E-state index in [-0.39, 0.29) is 23.5 Å². The molecule has 1 heterocycles.